The summed E-state index contributed by atoms with van der Waals surface area (Å²) >= 11 is 5.96. The number of aromatic nitrogens is 2. The summed E-state index contributed by atoms with van der Waals surface area (Å²) in [6, 6.07) is 15.9. The van der Waals surface area contributed by atoms with Crippen LogP contribution in [-0.2, 0) is 13.0 Å². The number of benzene rings is 1. The average molecular weight is 395 g/mol. The number of hydrogen-bond acceptors (Lipinski definition) is 4. The molecule has 0 saturated heterocycles. The minimum absolute atomic E-state index is 0.186. The van der Waals surface area contributed by atoms with E-state index in [0.29, 0.717) is 24.5 Å². The van der Waals surface area contributed by atoms with Gasteiger partial charge in [-0.3, -0.25) is 14.6 Å². The Hall–Kier alpha value is -3.25. The molecule has 0 saturated carbocycles. The third-order valence-electron chi connectivity index (χ3n) is 3.98. The zero-order chi connectivity index (χ0) is 19.8. The number of rotatable bonds is 7. The van der Waals surface area contributed by atoms with E-state index in [0.717, 1.165) is 11.1 Å². The molecular formula is C21H19ClN4O2. The van der Waals surface area contributed by atoms with Gasteiger partial charge >= 0.3 is 0 Å². The van der Waals surface area contributed by atoms with E-state index in [2.05, 4.69) is 20.6 Å². The molecule has 0 aliphatic rings. The van der Waals surface area contributed by atoms with Crippen molar-refractivity contribution in [2.45, 2.75) is 13.0 Å². The Labute approximate surface area is 168 Å². The molecule has 0 unspecified atom stereocenters. The van der Waals surface area contributed by atoms with Gasteiger partial charge in [0.15, 0.2) is 0 Å². The van der Waals surface area contributed by atoms with Crippen molar-refractivity contribution in [3.63, 3.8) is 0 Å². The Morgan fingerprint density at radius 3 is 2.32 bits per heavy atom. The van der Waals surface area contributed by atoms with E-state index >= 15 is 0 Å². The molecule has 2 heterocycles. The van der Waals surface area contributed by atoms with Gasteiger partial charge in [0.25, 0.3) is 11.8 Å². The Morgan fingerprint density at radius 1 is 0.893 bits per heavy atom. The smallest absolute Gasteiger partial charge is 0.270 e. The van der Waals surface area contributed by atoms with Gasteiger partial charge in [-0.15, -0.1) is 0 Å². The second-order valence-corrected chi connectivity index (χ2v) is 6.52. The molecule has 7 heteroatoms. The first-order valence-corrected chi connectivity index (χ1v) is 9.16. The van der Waals surface area contributed by atoms with Gasteiger partial charge in [0.2, 0.25) is 0 Å². The van der Waals surface area contributed by atoms with E-state index in [1.165, 1.54) is 0 Å². The van der Waals surface area contributed by atoms with Crippen molar-refractivity contribution < 1.29 is 9.59 Å². The Kier molecular flexibility index (Phi) is 6.70. The van der Waals surface area contributed by atoms with Crippen LogP contribution in [0.4, 0.5) is 0 Å². The molecule has 0 radical (unpaired) electrons. The first-order valence-electron chi connectivity index (χ1n) is 8.78. The highest BCUT2D eigenvalue weighted by Gasteiger charge is 2.12. The fourth-order valence-electron chi connectivity index (χ4n) is 2.57. The monoisotopic (exact) mass is 394 g/mol. The minimum Gasteiger partial charge on any atom is -0.350 e. The summed E-state index contributed by atoms with van der Waals surface area (Å²) in [6.07, 6.45) is 4.00. The summed E-state index contributed by atoms with van der Waals surface area (Å²) in [5.41, 5.74) is 2.29. The Balaban J connectivity index is 1.54. The standard InChI is InChI=1S/C21H19ClN4O2/c22-17-6-1-4-15(12-17)9-11-24-20(27)18-7-2-8-19(26-18)21(28)25-14-16-5-3-10-23-13-16/h1-8,10,12-13H,9,11,14H2,(H,24,27)(H,25,28). The molecule has 0 aliphatic heterocycles. The van der Waals surface area contributed by atoms with Crippen molar-refractivity contribution in [1.29, 1.82) is 0 Å². The third-order valence-corrected chi connectivity index (χ3v) is 4.21. The highest BCUT2D eigenvalue weighted by molar-refractivity contribution is 6.30. The van der Waals surface area contributed by atoms with Crippen LogP contribution in [0.25, 0.3) is 0 Å². The highest BCUT2D eigenvalue weighted by Crippen LogP contribution is 2.10. The zero-order valence-electron chi connectivity index (χ0n) is 15.1. The van der Waals surface area contributed by atoms with Crippen LogP contribution in [0.3, 0.4) is 0 Å². The van der Waals surface area contributed by atoms with E-state index in [9.17, 15) is 9.59 Å². The third kappa shape index (κ3) is 5.62. The van der Waals surface area contributed by atoms with Crippen LogP contribution in [0.5, 0.6) is 0 Å². The van der Waals surface area contributed by atoms with Gasteiger partial charge in [-0.05, 0) is 47.9 Å². The van der Waals surface area contributed by atoms with E-state index in [1.54, 1.807) is 42.7 Å². The van der Waals surface area contributed by atoms with Crippen LogP contribution in [0.1, 0.15) is 32.1 Å². The van der Waals surface area contributed by atoms with Gasteiger partial charge in [0, 0.05) is 30.5 Å². The highest BCUT2D eigenvalue weighted by atomic mass is 35.5. The molecule has 3 rings (SSSR count). The summed E-state index contributed by atoms with van der Waals surface area (Å²) < 4.78 is 0. The number of nitrogens with zero attached hydrogens (tertiary/aromatic N) is 2. The number of nitrogens with one attached hydrogen (secondary N) is 2. The van der Waals surface area contributed by atoms with Crippen molar-refractivity contribution in [3.05, 3.63) is 94.5 Å². The summed E-state index contributed by atoms with van der Waals surface area (Å²) in [4.78, 5) is 32.8. The zero-order valence-corrected chi connectivity index (χ0v) is 15.8. The molecule has 28 heavy (non-hydrogen) atoms. The van der Waals surface area contributed by atoms with Crippen LogP contribution in [0.2, 0.25) is 5.02 Å². The molecular weight excluding hydrogens is 376 g/mol. The van der Waals surface area contributed by atoms with Gasteiger partial charge in [0.05, 0.1) is 0 Å². The van der Waals surface area contributed by atoms with Crippen LogP contribution >= 0.6 is 11.6 Å². The number of carbonyl (C=O) groups excluding carboxylic acids is 2. The fourth-order valence-corrected chi connectivity index (χ4v) is 2.78. The van der Waals surface area contributed by atoms with Gasteiger partial charge in [0.1, 0.15) is 11.4 Å². The molecule has 1 aromatic carbocycles. The maximum atomic E-state index is 12.3. The Morgan fingerprint density at radius 2 is 1.61 bits per heavy atom. The quantitative estimate of drug-likeness (QED) is 0.645. The van der Waals surface area contributed by atoms with Gasteiger partial charge in [-0.25, -0.2) is 4.98 Å². The molecule has 2 aromatic heterocycles. The number of pyridine rings is 2. The van der Waals surface area contributed by atoms with Crippen molar-refractivity contribution in [3.8, 4) is 0 Å². The second-order valence-electron chi connectivity index (χ2n) is 6.09. The minimum atomic E-state index is -0.350. The maximum absolute atomic E-state index is 12.3. The molecule has 0 spiro atoms. The molecule has 3 aromatic rings. The van der Waals surface area contributed by atoms with Gasteiger partial charge < -0.3 is 10.6 Å². The van der Waals surface area contributed by atoms with Crippen molar-refractivity contribution in [2.75, 3.05) is 6.54 Å². The molecule has 2 N–H and O–H groups in total. The molecule has 142 valence electrons. The number of hydrogen-bond donors (Lipinski definition) is 2. The predicted octanol–water partition coefficient (Wildman–Crippen LogP) is 3.03. The largest absolute Gasteiger partial charge is 0.350 e. The van der Waals surface area contributed by atoms with Crippen molar-refractivity contribution in [2.24, 2.45) is 0 Å². The van der Waals surface area contributed by atoms with Crippen molar-refractivity contribution in [1.82, 2.24) is 20.6 Å². The fraction of sp³-hybridized carbons (Fsp3) is 0.143. The van der Waals surface area contributed by atoms with E-state index in [1.807, 2.05) is 24.3 Å². The summed E-state index contributed by atoms with van der Waals surface area (Å²) in [6.45, 7) is 0.780. The molecule has 0 aliphatic carbocycles. The first kappa shape index (κ1) is 19.5. The molecule has 6 nitrogen and oxygen atoms in total. The summed E-state index contributed by atoms with van der Waals surface area (Å²) in [5, 5.41) is 6.23. The van der Waals surface area contributed by atoms with Crippen LogP contribution in [0.15, 0.2) is 67.0 Å². The normalized spacial score (nSPS) is 10.3. The number of carbonyl (C=O) groups is 2. The average Bonchev–Trinajstić information content (AvgIpc) is 2.73. The van der Waals surface area contributed by atoms with Gasteiger partial charge in [-0.2, -0.15) is 0 Å². The number of amides is 2. The van der Waals surface area contributed by atoms with Crippen LogP contribution in [0, 0.1) is 0 Å². The predicted molar refractivity (Wildman–Crippen MR) is 107 cm³/mol. The SMILES string of the molecule is O=C(NCCc1cccc(Cl)c1)c1cccc(C(=O)NCc2cccnc2)n1. The first-order chi connectivity index (χ1) is 13.6. The Bertz CT molecular complexity index is 963. The van der Waals surface area contributed by atoms with Crippen LogP contribution in [-0.4, -0.2) is 28.3 Å². The topological polar surface area (TPSA) is 84.0 Å². The van der Waals surface area contributed by atoms with E-state index in [-0.39, 0.29) is 23.2 Å². The lowest BCUT2D eigenvalue weighted by molar-refractivity contribution is 0.0943. The van der Waals surface area contributed by atoms with E-state index in [4.69, 9.17) is 11.6 Å². The maximum Gasteiger partial charge on any atom is 0.270 e. The second kappa shape index (κ2) is 9.62. The molecule has 0 atom stereocenters. The molecule has 0 fully saturated rings. The lowest BCUT2D eigenvalue weighted by Gasteiger charge is -2.08. The molecule has 2 amide bonds. The number of halogens is 1. The van der Waals surface area contributed by atoms with Crippen molar-refractivity contribution >= 4 is 23.4 Å². The van der Waals surface area contributed by atoms with Crippen LogP contribution < -0.4 is 10.6 Å². The van der Waals surface area contributed by atoms with E-state index < -0.39 is 0 Å². The lowest BCUT2D eigenvalue weighted by Crippen LogP contribution is -2.28. The van der Waals surface area contributed by atoms with Gasteiger partial charge in [-0.1, -0.05) is 35.9 Å². The summed E-state index contributed by atoms with van der Waals surface area (Å²) in [5.74, 6) is -0.679. The summed E-state index contributed by atoms with van der Waals surface area (Å²) in [7, 11) is 0. The lowest BCUT2D eigenvalue weighted by atomic mass is 10.1. The molecule has 0 bridgehead atoms.